The number of carbonyl (C=O) groups is 1. The molecule has 1 heterocycles. The molecule has 0 atom stereocenters. The number of thioether (sulfide) groups is 1. The zero-order valence-corrected chi connectivity index (χ0v) is 25.3. The molecule has 39 heavy (non-hydrogen) atoms. The minimum atomic E-state index is -0.179. The monoisotopic (exact) mass is 570 g/mol. The van der Waals surface area contributed by atoms with Crippen molar-refractivity contribution in [1.29, 1.82) is 0 Å². The molecule has 1 amide bonds. The van der Waals surface area contributed by atoms with Gasteiger partial charge in [0.25, 0.3) is 5.91 Å². The molecule has 4 nitrogen and oxygen atoms in total. The molecule has 2 aromatic rings. The van der Waals surface area contributed by atoms with Gasteiger partial charge in [-0.25, -0.2) is 0 Å². The van der Waals surface area contributed by atoms with E-state index in [1.165, 1.54) is 89.0 Å². The number of halogens is 1. The lowest BCUT2D eigenvalue weighted by Gasteiger charge is -2.15. The van der Waals surface area contributed by atoms with Crippen molar-refractivity contribution in [2.45, 2.75) is 103 Å². The molecule has 0 bridgehead atoms. The van der Waals surface area contributed by atoms with E-state index in [0.29, 0.717) is 22.9 Å². The van der Waals surface area contributed by atoms with E-state index >= 15 is 0 Å². The molecule has 0 saturated heterocycles. The zero-order valence-electron chi connectivity index (χ0n) is 23.8. The Labute approximate surface area is 245 Å². The van der Waals surface area contributed by atoms with Gasteiger partial charge in [0.15, 0.2) is 0 Å². The number of anilines is 1. The van der Waals surface area contributed by atoms with Gasteiger partial charge in [0.05, 0.1) is 17.5 Å². The maximum atomic E-state index is 12.7. The van der Waals surface area contributed by atoms with Crippen LogP contribution in [-0.4, -0.2) is 23.3 Å². The fraction of sp³-hybridized carbons (Fsp3) is 0.545. The quantitative estimate of drug-likeness (QED) is 0.161. The second kappa shape index (κ2) is 19.0. The Morgan fingerprint density at radius 3 is 2.05 bits per heavy atom. The Bertz CT molecular complexity index is 996. The Morgan fingerprint density at radius 2 is 1.49 bits per heavy atom. The fourth-order valence-electron chi connectivity index (χ4n) is 4.78. The van der Waals surface area contributed by atoms with Crippen LogP contribution in [0, 0.1) is 0 Å². The maximum absolute atomic E-state index is 12.7. The molecule has 0 radical (unpaired) electrons. The van der Waals surface area contributed by atoms with Crippen molar-refractivity contribution in [2.75, 3.05) is 17.8 Å². The van der Waals surface area contributed by atoms with Crippen molar-refractivity contribution >= 4 is 35.0 Å². The highest BCUT2D eigenvalue weighted by Crippen LogP contribution is 2.26. The number of carbonyl (C=O) groups excluding carboxylic acids is 1. The van der Waals surface area contributed by atoms with Gasteiger partial charge in [-0.1, -0.05) is 114 Å². The van der Waals surface area contributed by atoms with Crippen molar-refractivity contribution < 1.29 is 9.53 Å². The second-order valence-corrected chi connectivity index (χ2v) is 11.8. The third-order valence-corrected chi connectivity index (χ3v) is 8.25. The van der Waals surface area contributed by atoms with Crippen molar-refractivity contribution in [3.63, 3.8) is 0 Å². The summed E-state index contributed by atoms with van der Waals surface area (Å²) in [5, 5.41) is 5.54. The lowest BCUT2D eigenvalue weighted by Crippen LogP contribution is -2.13. The van der Waals surface area contributed by atoms with Crippen molar-refractivity contribution in [3.8, 4) is 5.75 Å². The minimum absolute atomic E-state index is 0.179. The molecule has 214 valence electrons. The Hall–Kier alpha value is -2.11. The number of unbranched alkanes of at least 4 members (excludes halogenated alkanes) is 13. The van der Waals surface area contributed by atoms with Crippen LogP contribution < -0.4 is 10.1 Å². The van der Waals surface area contributed by atoms with E-state index in [2.05, 4.69) is 28.7 Å². The molecule has 0 unspecified atom stereocenters. The lowest BCUT2D eigenvalue weighted by atomic mass is 10.0. The molecule has 0 fully saturated rings. The second-order valence-electron chi connectivity index (χ2n) is 10.6. The number of nitrogens with zero attached hydrogens (tertiary/aromatic N) is 1. The summed E-state index contributed by atoms with van der Waals surface area (Å²) >= 11 is 8.22. The average Bonchev–Trinajstić information content (AvgIpc) is 3.45. The van der Waals surface area contributed by atoms with Gasteiger partial charge in [-0.2, -0.15) is 0 Å². The zero-order chi connectivity index (χ0) is 27.5. The van der Waals surface area contributed by atoms with Crippen LogP contribution in [0.3, 0.4) is 0 Å². The van der Waals surface area contributed by atoms with E-state index < -0.39 is 0 Å². The summed E-state index contributed by atoms with van der Waals surface area (Å²) in [6.07, 6.45) is 20.8. The standard InChI is InChI=1S/C33H47ClN2O2S/c1-2-3-4-5-6-7-8-9-10-11-12-13-14-15-23-38-32-21-18-29(25-31(32)34)33(37)35-30-19-16-28(17-20-30)26-36-22-24-39-27-36/h16-22,24-25H,2-15,23,26-27H2,1H3,(H,35,37). The van der Waals surface area contributed by atoms with E-state index in [4.69, 9.17) is 16.3 Å². The van der Waals surface area contributed by atoms with Crippen molar-refractivity contribution in [2.24, 2.45) is 0 Å². The molecule has 0 aliphatic carbocycles. The maximum Gasteiger partial charge on any atom is 0.255 e. The summed E-state index contributed by atoms with van der Waals surface area (Å²) < 4.78 is 5.89. The molecule has 2 aromatic carbocycles. The average molecular weight is 571 g/mol. The summed E-state index contributed by atoms with van der Waals surface area (Å²) in [4.78, 5) is 15.0. The largest absolute Gasteiger partial charge is 0.492 e. The summed E-state index contributed by atoms with van der Waals surface area (Å²) in [5.74, 6) is 1.45. The van der Waals surface area contributed by atoms with Gasteiger partial charge < -0.3 is 15.0 Å². The molecular weight excluding hydrogens is 524 g/mol. The van der Waals surface area contributed by atoms with Gasteiger partial charge in [0, 0.05) is 24.0 Å². The van der Waals surface area contributed by atoms with Gasteiger partial charge in [-0.15, -0.1) is 11.8 Å². The van der Waals surface area contributed by atoms with Crippen LogP contribution in [0.5, 0.6) is 5.75 Å². The van der Waals surface area contributed by atoms with Crippen LogP contribution in [0.25, 0.3) is 0 Å². The first-order valence-corrected chi connectivity index (χ1v) is 16.4. The van der Waals surface area contributed by atoms with Gasteiger partial charge >= 0.3 is 0 Å². The summed E-state index contributed by atoms with van der Waals surface area (Å²) in [6.45, 7) is 3.80. The van der Waals surface area contributed by atoms with E-state index in [1.807, 2.05) is 24.3 Å². The number of rotatable bonds is 20. The Kier molecular flexibility index (Phi) is 15.3. The fourth-order valence-corrected chi connectivity index (χ4v) is 5.73. The SMILES string of the molecule is CCCCCCCCCCCCCCCCOc1ccc(C(=O)Nc2ccc(CN3C=CSC3)cc2)cc1Cl. The minimum Gasteiger partial charge on any atom is -0.492 e. The predicted molar refractivity (Wildman–Crippen MR) is 169 cm³/mol. The summed E-state index contributed by atoms with van der Waals surface area (Å²) in [7, 11) is 0. The number of hydrogen-bond acceptors (Lipinski definition) is 4. The third-order valence-electron chi connectivity index (χ3n) is 7.16. The molecule has 0 saturated carbocycles. The van der Waals surface area contributed by atoms with E-state index in [0.717, 1.165) is 24.5 Å². The molecule has 0 aromatic heterocycles. The third kappa shape index (κ3) is 12.7. The Morgan fingerprint density at radius 1 is 0.872 bits per heavy atom. The highest BCUT2D eigenvalue weighted by Gasteiger charge is 2.11. The van der Waals surface area contributed by atoms with E-state index in [-0.39, 0.29) is 5.91 Å². The topological polar surface area (TPSA) is 41.6 Å². The summed E-state index contributed by atoms with van der Waals surface area (Å²) in [6, 6.07) is 13.2. The normalized spacial score (nSPS) is 12.7. The first-order chi connectivity index (χ1) is 19.2. The molecule has 3 rings (SSSR count). The predicted octanol–water partition coefficient (Wildman–Crippen LogP) is 10.4. The van der Waals surface area contributed by atoms with Gasteiger partial charge in [-0.05, 0) is 47.7 Å². The molecule has 0 spiro atoms. The van der Waals surface area contributed by atoms with E-state index in [9.17, 15) is 4.79 Å². The number of benzene rings is 2. The first kappa shape index (κ1) is 31.4. The Balaban J connectivity index is 1.24. The molecule has 1 aliphatic rings. The van der Waals surface area contributed by atoms with Gasteiger partial charge in [0.1, 0.15) is 5.75 Å². The highest BCUT2D eigenvalue weighted by atomic mass is 35.5. The van der Waals surface area contributed by atoms with E-state index in [1.54, 1.807) is 30.0 Å². The van der Waals surface area contributed by atoms with Crippen LogP contribution in [0.15, 0.2) is 54.1 Å². The first-order valence-electron chi connectivity index (χ1n) is 15.0. The lowest BCUT2D eigenvalue weighted by molar-refractivity contribution is 0.102. The van der Waals surface area contributed by atoms with Gasteiger partial charge in [0.2, 0.25) is 0 Å². The molecule has 6 heteroatoms. The van der Waals surface area contributed by atoms with Crippen LogP contribution >= 0.6 is 23.4 Å². The molecular formula is C33H47ClN2O2S. The van der Waals surface area contributed by atoms with Crippen LogP contribution in [0.4, 0.5) is 5.69 Å². The number of nitrogens with one attached hydrogen (secondary N) is 1. The van der Waals surface area contributed by atoms with Crippen LogP contribution in [-0.2, 0) is 6.54 Å². The number of hydrogen-bond donors (Lipinski definition) is 1. The molecule has 1 aliphatic heterocycles. The van der Waals surface area contributed by atoms with Crippen molar-refractivity contribution in [1.82, 2.24) is 4.90 Å². The van der Waals surface area contributed by atoms with Gasteiger partial charge in [-0.3, -0.25) is 4.79 Å². The molecule has 1 N–H and O–H groups in total. The highest BCUT2D eigenvalue weighted by molar-refractivity contribution is 8.02. The van der Waals surface area contributed by atoms with Crippen LogP contribution in [0.2, 0.25) is 5.02 Å². The smallest absolute Gasteiger partial charge is 0.255 e. The van der Waals surface area contributed by atoms with Crippen LogP contribution in [0.1, 0.15) is 113 Å². The van der Waals surface area contributed by atoms with Crippen molar-refractivity contribution in [3.05, 3.63) is 70.2 Å². The number of amides is 1. The number of ether oxygens (including phenoxy) is 1. The summed E-state index contributed by atoms with van der Waals surface area (Å²) in [5.41, 5.74) is 2.50.